The summed E-state index contributed by atoms with van der Waals surface area (Å²) in [7, 11) is 3.18. The number of hydrogen-bond donors (Lipinski definition) is 0. The Balaban J connectivity index is 1.81. The lowest BCUT2D eigenvalue weighted by Crippen LogP contribution is -2.38. The highest BCUT2D eigenvalue weighted by Gasteiger charge is 2.23. The van der Waals surface area contributed by atoms with Gasteiger partial charge in [0.15, 0.2) is 0 Å². The van der Waals surface area contributed by atoms with Crippen molar-refractivity contribution in [1.29, 1.82) is 0 Å². The fourth-order valence-corrected chi connectivity index (χ4v) is 2.75. The van der Waals surface area contributed by atoms with Gasteiger partial charge < -0.3 is 4.90 Å². The molecule has 0 bridgehead atoms. The number of carbonyl (C=O) groups is 1. The van der Waals surface area contributed by atoms with Crippen LogP contribution in [0.25, 0.3) is 11.0 Å². The molecule has 1 saturated heterocycles. The quantitative estimate of drug-likeness (QED) is 0.769. The predicted octanol–water partition coefficient (Wildman–Crippen LogP) is 1.73. The Kier molecular flexibility index (Phi) is 3.23. The molecule has 1 aromatic heterocycles. The van der Waals surface area contributed by atoms with Crippen LogP contribution in [0.5, 0.6) is 0 Å². The van der Waals surface area contributed by atoms with E-state index in [-0.39, 0.29) is 5.91 Å². The number of fused-ring (bicyclic) bond motifs is 1. The predicted molar refractivity (Wildman–Crippen MR) is 73.7 cm³/mol. The van der Waals surface area contributed by atoms with Crippen molar-refractivity contribution in [1.82, 2.24) is 15.2 Å². The fraction of sp³-hybridized carbons (Fsp3) is 0.462. The van der Waals surface area contributed by atoms with Crippen molar-refractivity contribution in [2.75, 3.05) is 7.05 Å². The van der Waals surface area contributed by atoms with Crippen LogP contribution < -0.4 is 0 Å². The molecule has 6 heteroatoms. The third kappa shape index (κ3) is 2.34. The number of hydrogen-bond acceptors (Lipinski definition) is 4. The summed E-state index contributed by atoms with van der Waals surface area (Å²) in [6, 6.07) is 5.67. The van der Waals surface area contributed by atoms with E-state index >= 15 is 0 Å². The van der Waals surface area contributed by atoms with Crippen LogP contribution in [0, 0.1) is 0 Å². The molecule has 0 N–H and O–H groups in total. The molecule has 1 fully saturated rings. The van der Waals surface area contributed by atoms with Crippen LogP contribution >= 0.6 is 0 Å². The molecular formula is C13H16BN3O2. The van der Waals surface area contributed by atoms with Crippen LogP contribution in [0.2, 0.25) is 12.6 Å². The molecule has 3 rings (SSSR count). The van der Waals surface area contributed by atoms with Crippen LogP contribution in [0.1, 0.15) is 23.2 Å². The number of carbonyl (C=O) groups excluding carboxylic acids is 1. The lowest BCUT2D eigenvalue weighted by Gasteiger charge is -2.31. The molecule has 0 atom stereocenters. The third-order valence-corrected chi connectivity index (χ3v) is 3.94. The molecular weight excluding hydrogens is 241 g/mol. The van der Waals surface area contributed by atoms with Gasteiger partial charge in [-0.3, -0.25) is 4.79 Å². The molecule has 0 aliphatic carbocycles. The number of benzene rings is 1. The molecule has 98 valence electrons. The van der Waals surface area contributed by atoms with Gasteiger partial charge in [0.05, 0.1) is 0 Å². The summed E-state index contributed by atoms with van der Waals surface area (Å²) >= 11 is 0. The van der Waals surface area contributed by atoms with Gasteiger partial charge in [-0.25, -0.2) is 4.63 Å². The van der Waals surface area contributed by atoms with E-state index in [0.29, 0.717) is 22.6 Å². The van der Waals surface area contributed by atoms with Gasteiger partial charge in [0, 0.05) is 18.7 Å². The summed E-state index contributed by atoms with van der Waals surface area (Å²) in [5, 5.41) is 7.52. The lowest BCUT2D eigenvalue weighted by molar-refractivity contribution is 0.0721. The zero-order chi connectivity index (χ0) is 13.2. The van der Waals surface area contributed by atoms with E-state index in [9.17, 15) is 4.79 Å². The average molecular weight is 257 g/mol. The Morgan fingerprint density at radius 3 is 2.84 bits per heavy atom. The first-order valence-corrected chi connectivity index (χ1v) is 6.75. The minimum absolute atomic E-state index is 0.0526. The summed E-state index contributed by atoms with van der Waals surface area (Å²) in [5.74, 6) is 0.0526. The van der Waals surface area contributed by atoms with E-state index in [1.165, 1.54) is 19.9 Å². The second kappa shape index (κ2) is 5.03. The van der Waals surface area contributed by atoms with Gasteiger partial charge in [0.25, 0.3) is 5.91 Å². The Morgan fingerprint density at radius 1 is 1.32 bits per heavy atom. The monoisotopic (exact) mass is 257 g/mol. The van der Waals surface area contributed by atoms with Gasteiger partial charge in [0.2, 0.25) is 0 Å². The smallest absolute Gasteiger partial charge is 0.253 e. The second-order valence-electron chi connectivity index (χ2n) is 5.18. The number of amides is 1. The molecule has 1 amide bonds. The zero-order valence-corrected chi connectivity index (χ0v) is 11.0. The maximum atomic E-state index is 12.5. The van der Waals surface area contributed by atoms with Crippen molar-refractivity contribution in [3.05, 3.63) is 23.8 Å². The SMILES string of the molecule is CN(C(=O)c1ccc2nonc2c1)C1CCBCC1. The van der Waals surface area contributed by atoms with Crippen LogP contribution in [0.3, 0.4) is 0 Å². The standard InChI is InChI=1S/C13H16BN3O2/c1-17(10-4-6-14-7-5-10)13(18)9-2-3-11-12(8-9)16-19-15-11/h2-3,8,10,14H,4-7H2,1H3. The van der Waals surface area contributed by atoms with Crippen molar-refractivity contribution < 1.29 is 9.42 Å². The highest BCUT2D eigenvalue weighted by molar-refractivity contribution is 6.35. The molecule has 5 nitrogen and oxygen atoms in total. The molecule has 1 aliphatic rings. The van der Waals surface area contributed by atoms with E-state index in [1.54, 1.807) is 18.2 Å². The molecule has 2 heterocycles. The average Bonchev–Trinajstić information content (AvgIpc) is 2.94. The minimum atomic E-state index is 0.0526. The Hall–Kier alpha value is -1.85. The minimum Gasteiger partial charge on any atom is -0.339 e. The van der Waals surface area contributed by atoms with Gasteiger partial charge in [-0.1, -0.05) is 12.6 Å². The topological polar surface area (TPSA) is 59.2 Å². The van der Waals surface area contributed by atoms with Gasteiger partial charge in [-0.05, 0) is 41.4 Å². The normalized spacial score (nSPS) is 16.3. The summed E-state index contributed by atoms with van der Waals surface area (Å²) < 4.78 is 4.65. The van der Waals surface area contributed by atoms with Gasteiger partial charge in [0.1, 0.15) is 18.3 Å². The summed E-state index contributed by atoms with van der Waals surface area (Å²) in [5.41, 5.74) is 1.95. The number of aromatic nitrogens is 2. The lowest BCUT2D eigenvalue weighted by atomic mass is 9.63. The van der Waals surface area contributed by atoms with Crippen molar-refractivity contribution in [3.63, 3.8) is 0 Å². The highest BCUT2D eigenvalue weighted by atomic mass is 16.6. The molecule has 0 radical (unpaired) electrons. The van der Waals surface area contributed by atoms with E-state index in [2.05, 4.69) is 14.9 Å². The number of nitrogens with zero attached hydrogens (tertiary/aromatic N) is 3. The first-order chi connectivity index (χ1) is 9.25. The Labute approximate surface area is 112 Å². The van der Waals surface area contributed by atoms with Crippen molar-refractivity contribution in [2.24, 2.45) is 0 Å². The number of rotatable bonds is 2. The first kappa shape index (κ1) is 12.2. The summed E-state index contributed by atoms with van der Waals surface area (Å²) in [4.78, 5) is 14.3. The van der Waals surface area contributed by atoms with E-state index in [1.807, 2.05) is 11.9 Å². The molecule has 0 spiro atoms. The maximum absolute atomic E-state index is 12.5. The van der Waals surface area contributed by atoms with Crippen molar-refractivity contribution in [3.8, 4) is 0 Å². The van der Waals surface area contributed by atoms with Crippen LogP contribution in [-0.2, 0) is 0 Å². The van der Waals surface area contributed by atoms with E-state index in [0.717, 1.165) is 12.8 Å². The second-order valence-corrected chi connectivity index (χ2v) is 5.18. The van der Waals surface area contributed by atoms with E-state index < -0.39 is 0 Å². The molecule has 1 aromatic carbocycles. The Bertz CT molecular complexity index is 592. The molecule has 19 heavy (non-hydrogen) atoms. The fourth-order valence-electron chi connectivity index (χ4n) is 2.75. The third-order valence-electron chi connectivity index (χ3n) is 3.94. The molecule has 0 unspecified atom stereocenters. The van der Waals surface area contributed by atoms with Crippen molar-refractivity contribution in [2.45, 2.75) is 31.5 Å². The van der Waals surface area contributed by atoms with Gasteiger partial charge in [-0.2, -0.15) is 0 Å². The van der Waals surface area contributed by atoms with E-state index in [4.69, 9.17) is 0 Å². The summed E-state index contributed by atoms with van der Waals surface area (Å²) in [6.07, 6.45) is 4.65. The molecule has 2 aromatic rings. The highest BCUT2D eigenvalue weighted by Crippen LogP contribution is 2.21. The molecule has 1 aliphatic heterocycles. The first-order valence-electron chi connectivity index (χ1n) is 6.75. The van der Waals surface area contributed by atoms with Crippen LogP contribution in [-0.4, -0.2) is 41.5 Å². The van der Waals surface area contributed by atoms with Crippen molar-refractivity contribution >= 4 is 24.2 Å². The van der Waals surface area contributed by atoms with Crippen LogP contribution in [0.4, 0.5) is 0 Å². The van der Waals surface area contributed by atoms with Crippen LogP contribution in [0.15, 0.2) is 22.8 Å². The maximum Gasteiger partial charge on any atom is 0.253 e. The zero-order valence-electron chi connectivity index (χ0n) is 11.0. The van der Waals surface area contributed by atoms with Gasteiger partial charge in [-0.15, -0.1) is 0 Å². The molecule has 0 saturated carbocycles. The summed E-state index contributed by atoms with van der Waals surface area (Å²) in [6.45, 7) is 0. The largest absolute Gasteiger partial charge is 0.339 e. The van der Waals surface area contributed by atoms with Gasteiger partial charge >= 0.3 is 0 Å². The Morgan fingerprint density at radius 2 is 2.05 bits per heavy atom.